The van der Waals surface area contributed by atoms with Gasteiger partial charge in [-0.1, -0.05) is 30.3 Å². The SMILES string of the molecule is Cc1cccc(C(=O)N2c3ccccc3CC2C)c1O. The maximum Gasteiger partial charge on any atom is 0.262 e. The van der Waals surface area contributed by atoms with Crippen LogP contribution in [0.25, 0.3) is 0 Å². The molecular formula is C17H17NO2. The molecule has 1 heterocycles. The third kappa shape index (κ3) is 1.86. The van der Waals surface area contributed by atoms with Gasteiger partial charge in [0.2, 0.25) is 0 Å². The monoisotopic (exact) mass is 267 g/mol. The number of hydrogen-bond acceptors (Lipinski definition) is 2. The summed E-state index contributed by atoms with van der Waals surface area (Å²) in [6.07, 6.45) is 0.856. The fourth-order valence-electron chi connectivity index (χ4n) is 2.84. The minimum Gasteiger partial charge on any atom is -0.507 e. The molecule has 1 aliphatic heterocycles. The van der Waals surface area contributed by atoms with Crippen LogP contribution >= 0.6 is 0 Å². The van der Waals surface area contributed by atoms with Gasteiger partial charge >= 0.3 is 0 Å². The lowest BCUT2D eigenvalue weighted by Gasteiger charge is -2.23. The first-order valence-corrected chi connectivity index (χ1v) is 6.79. The summed E-state index contributed by atoms with van der Waals surface area (Å²) in [5.74, 6) is -0.0577. The fraction of sp³-hybridized carbons (Fsp3) is 0.235. The number of benzene rings is 2. The maximum absolute atomic E-state index is 12.8. The molecule has 102 valence electrons. The Hall–Kier alpha value is -2.29. The van der Waals surface area contributed by atoms with Gasteiger partial charge in [-0.3, -0.25) is 4.79 Å². The molecule has 1 aliphatic rings. The van der Waals surface area contributed by atoms with E-state index < -0.39 is 0 Å². The minimum atomic E-state index is -0.136. The Labute approximate surface area is 118 Å². The van der Waals surface area contributed by atoms with Crippen molar-refractivity contribution in [1.82, 2.24) is 0 Å². The molecule has 1 atom stereocenters. The van der Waals surface area contributed by atoms with Crippen molar-refractivity contribution in [3.63, 3.8) is 0 Å². The van der Waals surface area contributed by atoms with E-state index in [2.05, 4.69) is 6.07 Å². The molecule has 3 rings (SSSR count). The molecular weight excluding hydrogens is 250 g/mol. The summed E-state index contributed by atoms with van der Waals surface area (Å²) in [5, 5.41) is 10.1. The Kier molecular flexibility index (Phi) is 2.97. The Bertz CT molecular complexity index is 678. The van der Waals surface area contributed by atoms with Gasteiger partial charge in [-0.05, 0) is 43.5 Å². The molecule has 0 fully saturated rings. The number of fused-ring (bicyclic) bond motifs is 1. The summed E-state index contributed by atoms with van der Waals surface area (Å²) in [6, 6.07) is 13.3. The van der Waals surface area contributed by atoms with Crippen molar-refractivity contribution in [1.29, 1.82) is 0 Å². The lowest BCUT2D eigenvalue weighted by Crippen LogP contribution is -2.35. The van der Waals surface area contributed by atoms with Crippen molar-refractivity contribution < 1.29 is 9.90 Å². The molecule has 1 amide bonds. The summed E-state index contributed by atoms with van der Waals surface area (Å²) >= 11 is 0. The van der Waals surface area contributed by atoms with Crippen molar-refractivity contribution in [3.05, 3.63) is 59.2 Å². The predicted molar refractivity (Wildman–Crippen MR) is 79.3 cm³/mol. The molecule has 3 heteroatoms. The first kappa shape index (κ1) is 12.7. The lowest BCUT2D eigenvalue weighted by atomic mass is 10.1. The third-order valence-electron chi connectivity index (χ3n) is 3.89. The standard InChI is InChI=1S/C17H17NO2/c1-11-6-5-8-14(16(11)19)17(20)18-12(2)10-13-7-3-4-9-15(13)18/h3-9,12,19H,10H2,1-2H3. The van der Waals surface area contributed by atoms with E-state index in [1.807, 2.05) is 25.1 Å². The molecule has 0 saturated heterocycles. The van der Waals surface area contributed by atoms with Crippen LogP contribution in [0, 0.1) is 6.92 Å². The first-order chi connectivity index (χ1) is 9.59. The third-order valence-corrected chi connectivity index (χ3v) is 3.89. The van der Waals surface area contributed by atoms with Crippen LogP contribution in [-0.2, 0) is 6.42 Å². The van der Waals surface area contributed by atoms with Gasteiger partial charge in [0.1, 0.15) is 5.75 Å². The molecule has 2 aromatic carbocycles. The van der Waals surface area contributed by atoms with Gasteiger partial charge in [0.05, 0.1) is 5.56 Å². The second-order valence-electron chi connectivity index (χ2n) is 5.33. The van der Waals surface area contributed by atoms with Crippen LogP contribution in [0.4, 0.5) is 5.69 Å². The molecule has 3 nitrogen and oxygen atoms in total. The van der Waals surface area contributed by atoms with E-state index >= 15 is 0 Å². The quantitative estimate of drug-likeness (QED) is 0.861. The highest BCUT2D eigenvalue weighted by Crippen LogP contribution is 2.34. The molecule has 2 aromatic rings. The van der Waals surface area contributed by atoms with Crippen LogP contribution in [0.5, 0.6) is 5.75 Å². The van der Waals surface area contributed by atoms with E-state index in [-0.39, 0.29) is 17.7 Å². The van der Waals surface area contributed by atoms with Gasteiger partial charge in [0.25, 0.3) is 5.91 Å². The van der Waals surface area contributed by atoms with Crippen LogP contribution in [0.15, 0.2) is 42.5 Å². The zero-order chi connectivity index (χ0) is 14.3. The number of amides is 1. The second-order valence-corrected chi connectivity index (χ2v) is 5.33. The Morgan fingerprint density at radius 2 is 1.95 bits per heavy atom. The average molecular weight is 267 g/mol. The summed E-state index contributed by atoms with van der Waals surface area (Å²) in [6.45, 7) is 3.83. The second kappa shape index (κ2) is 4.67. The zero-order valence-electron chi connectivity index (χ0n) is 11.6. The van der Waals surface area contributed by atoms with Crippen molar-refractivity contribution in [2.75, 3.05) is 4.90 Å². The van der Waals surface area contributed by atoms with Crippen LogP contribution in [0.3, 0.4) is 0 Å². The summed E-state index contributed by atoms with van der Waals surface area (Å²) in [4.78, 5) is 14.5. The smallest absolute Gasteiger partial charge is 0.262 e. The molecule has 20 heavy (non-hydrogen) atoms. The highest BCUT2D eigenvalue weighted by Gasteiger charge is 2.32. The van der Waals surface area contributed by atoms with E-state index in [1.165, 1.54) is 5.56 Å². The largest absolute Gasteiger partial charge is 0.507 e. The number of carbonyl (C=O) groups is 1. The van der Waals surface area contributed by atoms with Gasteiger partial charge < -0.3 is 10.0 Å². The van der Waals surface area contributed by atoms with Gasteiger partial charge in [0.15, 0.2) is 0 Å². The van der Waals surface area contributed by atoms with Gasteiger partial charge in [-0.25, -0.2) is 0 Å². The molecule has 1 unspecified atom stereocenters. The topological polar surface area (TPSA) is 40.5 Å². The minimum absolute atomic E-state index is 0.0779. The molecule has 0 aliphatic carbocycles. The van der Waals surface area contributed by atoms with Crippen molar-refractivity contribution in [2.24, 2.45) is 0 Å². The number of aryl methyl sites for hydroxylation is 1. The highest BCUT2D eigenvalue weighted by molar-refractivity contribution is 6.09. The number of aromatic hydroxyl groups is 1. The number of hydrogen-bond donors (Lipinski definition) is 1. The zero-order valence-corrected chi connectivity index (χ0v) is 11.6. The predicted octanol–water partition coefficient (Wildman–Crippen LogP) is 3.29. The van der Waals surface area contributed by atoms with E-state index in [4.69, 9.17) is 0 Å². The Morgan fingerprint density at radius 1 is 1.20 bits per heavy atom. The van der Waals surface area contributed by atoms with Crippen molar-refractivity contribution >= 4 is 11.6 Å². The molecule has 0 aromatic heterocycles. The van der Waals surface area contributed by atoms with E-state index in [0.717, 1.165) is 17.7 Å². The number of nitrogens with zero attached hydrogens (tertiary/aromatic N) is 1. The molecule has 0 bridgehead atoms. The first-order valence-electron chi connectivity index (χ1n) is 6.79. The number of phenolic OH excluding ortho intramolecular Hbond substituents is 1. The lowest BCUT2D eigenvalue weighted by molar-refractivity contribution is 0.0979. The number of phenols is 1. The normalized spacial score (nSPS) is 17.1. The summed E-state index contributed by atoms with van der Waals surface area (Å²) in [5.41, 5.74) is 3.22. The summed E-state index contributed by atoms with van der Waals surface area (Å²) in [7, 11) is 0. The Balaban J connectivity index is 2.05. The van der Waals surface area contributed by atoms with Crippen LogP contribution in [-0.4, -0.2) is 17.1 Å². The molecule has 0 spiro atoms. The average Bonchev–Trinajstić information content (AvgIpc) is 2.77. The van der Waals surface area contributed by atoms with Crippen molar-refractivity contribution in [3.8, 4) is 5.75 Å². The van der Waals surface area contributed by atoms with E-state index in [1.54, 1.807) is 30.0 Å². The van der Waals surface area contributed by atoms with Crippen molar-refractivity contribution in [2.45, 2.75) is 26.3 Å². The summed E-state index contributed by atoms with van der Waals surface area (Å²) < 4.78 is 0. The fourth-order valence-corrected chi connectivity index (χ4v) is 2.84. The Morgan fingerprint density at radius 3 is 2.75 bits per heavy atom. The molecule has 0 saturated carbocycles. The number of para-hydroxylation sites is 2. The van der Waals surface area contributed by atoms with Gasteiger partial charge in [0, 0.05) is 11.7 Å². The molecule has 1 N–H and O–H groups in total. The van der Waals surface area contributed by atoms with Gasteiger partial charge in [-0.15, -0.1) is 0 Å². The number of rotatable bonds is 1. The maximum atomic E-state index is 12.8. The number of carbonyl (C=O) groups excluding carboxylic acids is 1. The van der Waals surface area contributed by atoms with Crippen LogP contribution < -0.4 is 4.90 Å². The highest BCUT2D eigenvalue weighted by atomic mass is 16.3. The van der Waals surface area contributed by atoms with E-state index in [9.17, 15) is 9.90 Å². The van der Waals surface area contributed by atoms with Crippen LogP contribution in [0.2, 0.25) is 0 Å². The van der Waals surface area contributed by atoms with E-state index in [0.29, 0.717) is 5.56 Å². The van der Waals surface area contributed by atoms with Gasteiger partial charge in [-0.2, -0.15) is 0 Å². The van der Waals surface area contributed by atoms with Crippen LogP contribution in [0.1, 0.15) is 28.4 Å². The molecule has 0 radical (unpaired) electrons. The number of anilines is 1.